The Balaban J connectivity index is 2.18. The number of halogens is 3. The van der Waals surface area contributed by atoms with Crippen LogP contribution in [0.2, 0.25) is 0 Å². The Labute approximate surface area is 156 Å². The number of alkyl halides is 3. The Morgan fingerprint density at radius 3 is 2.04 bits per heavy atom. The lowest BCUT2D eigenvalue weighted by molar-refractivity contribution is -0.137. The summed E-state index contributed by atoms with van der Waals surface area (Å²) in [7, 11) is -2.33. The molecule has 0 fully saturated rings. The lowest BCUT2D eigenvalue weighted by Crippen LogP contribution is -2.41. The largest absolute Gasteiger partial charge is 0.416 e. The van der Waals surface area contributed by atoms with Gasteiger partial charge in [0, 0.05) is 13.6 Å². The fourth-order valence-corrected chi connectivity index (χ4v) is 3.26. The molecule has 0 spiro atoms. The molecule has 0 radical (unpaired) electrons. The van der Waals surface area contributed by atoms with Crippen molar-refractivity contribution in [3.05, 3.63) is 65.7 Å². The van der Waals surface area contributed by atoms with Gasteiger partial charge in [0.05, 0.1) is 17.5 Å². The molecule has 0 atom stereocenters. The number of sulfonamides is 1. The maximum atomic E-state index is 12.7. The highest BCUT2D eigenvalue weighted by Gasteiger charge is 2.31. The van der Waals surface area contributed by atoms with Crippen molar-refractivity contribution < 1.29 is 26.4 Å². The molecule has 2 rings (SSSR count). The number of amides is 1. The molecule has 2 aromatic rings. The number of hydrogen-bond acceptors (Lipinski definition) is 3. The van der Waals surface area contributed by atoms with Gasteiger partial charge in [0.15, 0.2) is 0 Å². The number of hydrogen-bond donors (Lipinski definition) is 0. The van der Waals surface area contributed by atoms with Gasteiger partial charge in [-0.05, 0) is 29.8 Å². The number of nitrogens with zero attached hydrogens (tertiary/aromatic N) is 2. The minimum absolute atomic E-state index is 0.00744. The van der Waals surface area contributed by atoms with Gasteiger partial charge in [0.2, 0.25) is 15.9 Å². The van der Waals surface area contributed by atoms with E-state index in [1.807, 2.05) is 30.3 Å². The summed E-state index contributed by atoms with van der Waals surface area (Å²) in [5.41, 5.74) is -0.0343. The monoisotopic (exact) mass is 400 g/mol. The summed E-state index contributed by atoms with van der Waals surface area (Å²) in [5.74, 6) is -0.482. The molecule has 146 valence electrons. The van der Waals surface area contributed by atoms with Crippen molar-refractivity contribution in [2.24, 2.45) is 0 Å². The van der Waals surface area contributed by atoms with E-state index in [4.69, 9.17) is 0 Å². The zero-order valence-electron chi connectivity index (χ0n) is 14.8. The third-order valence-corrected chi connectivity index (χ3v) is 4.99. The summed E-state index contributed by atoms with van der Waals surface area (Å²) < 4.78 is 63.0. The average Bonchev–Trinajstić information content (AvgIpc) is 2.58. The van der Waals surface area contributed by atoms with Crippen LogP contribution in [0.1, 0.15) is 11.1 Å². The first-order valence-electron chi connectivity index (χ1n) is 7.91. The van der Waals surface area contributed by atoms with Gasteiger partial charge in [-0.15, -0.1) is 0 Å². The smallest absolute Gasteiger partial charge is 0.340 e. The summed E-state index contributed by atoms with van der Waals surface area (Å²) in [4.78, 5) is 13.8. The topological polar surface area (TPSA) is 57.7 Å². The van der Waals surface area contributed by atoms with Gasteiger partial charge in [0.1, 0.15) is 6.54 Å². The summed E-state index contributed by atoms with van der Waals surface area (Å²) in [5, 5.41) is 0. The number of benzene rings is 2. The van der Waals surface area contributed by atoms with E-state index in [0.29, 0.717) is 0 Å². The zero-order chi connectivity index (χ0) is 20.2. The van der Waals surface area contributed by atoms with Crippen molar-refractivity contribution in [3.63, 3.8) is 0 Å². The van der Waals surface area contributed by atoms with E-state index in [0.717, 1.165) is 40.4 Å². The molecule has 0 unspecified atom stereocenters. The lowest BCUT2D eigenvalue weighted by atomic mass is 10.2. The van der Waals surface area contributed by atoms with Gasteiger partial charge in [-0.3, -0.25) is 9.10 Å². The highest BCUT2D eigenvalue weighted by Crippen LogP contribution is 2.31. The van der Waals surface area contributed by atoms with E-state index in [1.165, 1.54) is 11.9 Å². The Bertz CT molecular complexity index is 882. The Morgan fingerprint density at radius 1 is 1.00 bits per heavy atom. The first kappa shape index (κ1) is 20.8. The van der Waals surface area contributed by atoms with Gasteiger partial charge in [-0.1, -0.05) is 30.3 Å². The van der Waals surface area contributed by atoms with E-state index >= 15 is 0 Å². The van der Waals surface area contributed by atoms with Crippen LogP contribution in [0.15, 0.2) is 54.6 Å². The van der Waals surface area contributed by atoms with Gasteiger partial charge < -0.3 is 4.90 Å². The van der Waals surface area contributed by atoms with Crippen molar-refractivity contribution in [1.29, 1.82) is 0 Å². The van der Waals surface area contributed by atoms with Gasteiger partial charge in [-0.2, -0.15) is 13.2 Å². The van der Waals surface area contributed by atoms with Crippen LogP contribution < -0.4 is 4.31 Å². The first-order valence-corrected chi connectivity index (χ1v) is 9.76. The second kappa shape index (κ2) is 7.99. The van der Waals surface area contributed by atoms with Crippen molar-refractivity contribution in [1.82, 2.24) is 4.90 Å². The fourth-order valence-electron chi connectivity index (χ4n) is 2.41. The van der Waals surface area contributed by atoms with Crippen LogP contribution in [0.4, 0.5) is 18.9 Å². The average molecular weight is 400 g/mol. The molecule has 0 N–H and O–H groups in total. The first-order chi connectivity index (χ1) is 12.5. The van der Waals surface area contributed by atoms with Crippen molar-refractivity contribution in [3.8, 4) is 0 Å². The molecule has 9 heteroatoms. The molecule has 1 amide bonds. The predicted octanol–water partition coefficient (Wildman–Crippen LogP) is 3.13. The fraction of sp³-hybridized carbons (Fsp3) is 0.278. The van der Waals surface area contributed by atoms with Gasteiger partial charge in [0.25, 0.3) is 0 Å². The van der Waals surface area contributed by atoms with Crippen LogP contribution >= 0.6 is 0 Å². The molecule has 27 heavy (non-hydrogen) atoms. The van der Waals surface area contributed by atoms with E-state index in [1.54, 1.807) is 0 Å². The molecule has 0 heterocycles. The normalized spacial score (nSPS) is 11.9. The number of anilines is 1. The summed E-state index contributed by atoms with van der Waals surface area (Å²) in [6, 6.07) is 12.8. The van der Waals surface area contributed by atoms with Gasteiger partial charge >= 0.3 is 6.18 Å². The van der Waals surface area contributed by atoms with Crippen molar-refractivity contribution in [2.45, 2.75) is 12.7 Å². The summed E-state index contributed by atoms with van der Waals surface area (Å²) >= 11 is 0. The van der Waals surface area contributed by atoms with Crippen molar-refractivity contribution in [2.75, 3.05) is 24.2 Å². The molecule has 5 nitrogen and oxygen atoms in total. The SMILES string of the molecule is CN(Cc1ccccc1)C(=O)CN(c1ccc(C(F)(F)F)cc1)S(C)(=O)=O. The van der Waals surface area contributed by atoms with Crippen molar-refractivity contribution >= 4 is 21.6 Å². The molecule has 0 saturated carbocycles. The molecular weight excluding hydrogens is 381 g/mol. The predicted molar refractivity (Wildman–Crippen MR) is 96.5 cm³/mol. The zero-order valence-corrected chi connectivity index (χ0v) is 15.6. The number of likely N-dealkylation sites (N-methyl/N-ethyl adjacent to an activating group) is 1. The Kier molecular flexibility index (Phi) is 6.15. The molecule has 0 saturated heterocycles. The van der Waals surface area contributed by atoms with Crippen LogP contribution in [0.5, 0.6) is 0 Å². The third kappa shape index (κ3) is 5.72. The highest BCUT2D eigenvalue weighted by atomic mass is 32.2. The van der Waals surface area contributed by atoms with E-state index in [9.17, 15) is 26.4 Å². The lowest BCUT2D eigenvalue weighted by Gasteiger charge is -2.25. The van der Waals surface area contributed by atoms with Crippen LogP contribution in [0.3, 0.4) is 0 Å². The van der Waals surface area contributed by atoms with E-state index in [2.05, 4.69) is 0 Å². The minimum atomic E-state index is -4.53. The van der Waals surface area contributed by atoms with Crippen LogP contribution in [0.25, 0.3) is 0 Å². The van der Waals surface area contributed by atoms with Crippen LogP contribution in [-0.4, -0.2) is 39.1 Å². The molecule has 0 aromatic heterocycles. The molecule has 0 aliphatic rings. The second-order valence-corrected chi connectivity index (χ2v) is 7.96. The van der Waals surface area contributed by atoms with Crippen LogP contribution in [-0.2, 0) is 27.5 Å². The maximum absolute atomic E-state index is 12.7. The Hall–Kier alpha value is -2.55. The minimum Gasteiger partial charge on any atom is -0.340 e. The molecule has 0 aliphatic carbocycles. The van der Waals surface area contributed by atoms with E-state index < -0.39 is 34.2 Å². The highest BCUT2D eigenvalue weighted by molar-refractivity contribution is 7.92. The van der Waals surface area contributed by atoms with Gasteiger partial charge in [-0.25, -0.2) is 8.42 Å². The van der Waals surface area contributed by atoms with Crippen LogP contribution in [0, 0.1) is 0 Å². The van der Waals surface area contributed by atoms with E-state index in [-0.39, 0.29) is 12.2 Å². The standard InChI is InChI=1S/C18H19F3N2O3S/c1-22(12-14-6-4-3-5-7-14)17(24)13-23(27(2,25)26)16-10-8-15(9-11-16)18(19,20)21/h3-11H,12-13H2,1-2H3. The summed E-state index contributed by atoms with van der Waals surface area (Å²) in [6.45, 7) is -0.224. The molecule has 0 aliphatic heterocycles. The second-order valence-electron chi connectivity index (χ2n) is 6.05. The Morgan fingerprint density at radius 2 is 1.56 bits per heavy atom. The quantitative estimate of drug-likeness (QED) is 0.749. The number of carbonyl (C=O) groups is 1. The molecule has 0 bridgehead atoms. The number of carbonyl (C=O) groups excluding carboxylic acids is 1. The third-order valence-electron chi connectivity index (χ3n) is 3.85. The maximum Gasteiger partial charge on any atom is 0.416 e. The number of rotatable bonds is 6. The molecule has 2 aromatic carbocycles. The summed E-state index contributed by atoms with van der Waals surface area (Å²) in [6.07, 6.45) is -3.63. The molecular formula is C18H19F3N2O3S.